The fourth-order valence-electron chi connectivity index (χ4n) is 3.21. The van der Waals surface area contributed by atoms with Crippen molar-refractivity contribution in [1.29, 1.82) is 0 Å². The van der Waals surface area contributed by atoms with Crippen molar-refractivity contribution in [1.82, 2.24) is 14.9 Å². The Morgan fingerprint density at radius 3 is 2.67 bits per heavy atom. The summed E-state index contributed by atoms with van der Waals surface area (Å²) in [6.07, 6.45) is 0.937. The van der Waals surface area contributed by atoms with Gasteiger partial charge in [0.05, 0.1) is 21.9 Å². The molecule has 3 heterocycles. The lowest BCUT2D eigenvalue weighted by molar-refractivity contribution is 0.294. The summed E-state index contributed by atoms with van der Waals surface area (Å²) in [5, 5.41) is 6.50. The third kappa shape index (κ3) is 4.45. The predicted molar refractivity (Wildman–Crippen MR) is 111 cm³/mol. The second-order valence-electron chi connectivity index (χ2n) is 6.66. The van der Waals surface area contributed by atoms with Gasteiger partial charge in [-0.15, -0.1) is 11.3 Å². The Balaban J connectivity index is 1.42. The van der Waals surface area contributed by atoms with Gasteiger partial charge in [-0.1, -0.05) is 18.2 Å². The fraction of sp³-hybridized carbons (Fsp3) is 0.368. The molecule has 8 heteroatoms. The third-order valence-electron chi connectivity index (χ3n) is 4.73. The first kappa shape index (κ1) is 18.3. The molecule has 1 fully saturated rings. The van der Waals surface area contributed by atoms with Crippen LogP contribution in [0.25, 0.3) is 21.6 Å². The van der Waals surface area contributed by atoms with Crippen molar-refractivity contribution in [2.24, 2.45) is 0 Å². The summed E-state index contributed by atoms with van der Waals surface area (Å²) in [4.78, 5) is 12.7. The lowest BCUT2D eigenvalue weighted by Gasteiger charge is -2.26. The molecule has 0 bridgehead atoms. The van der Waals surface area contributed by atoms with Gasteiger partial charge in [-0.3, -0.25) is 0 Å². The Hall–Kier alpha value is -2.03. The molecule has 1 saturated heterocycles. The lowest BCUT2D eigenvalue weighted by atomic mass is 10.2. The van der Waals surface area contributed by atoms with Crippen LogP contribution in [-0.2, 0) is 9.84 Å². The largest absolute Gasteiger partial charge is 0.369 e. The Labute approximate surface area is 163 Å². The highest BCUT2D eigenvalue weighted by Crippen LogP contribution is 2.27. The number of nitrogens with one attached hydrogen (secondary N) is 1. The molecule has 0 radical (unpaired) electrons. The van der Waals surface area contributed by atoms with Gasteiger partial charge in [0.25, 0.3) is 0 Å². The van der Waals surface area contributed by atoms with E-state index in [0.717, 1.165) is 46.9 Å². The van der Waals surface area contributed by atoms with E-state index in [9.17, 15) is 8.42 Å². The quantitative estimate of drug-likeness (QED) is 0.639. The minimum absolute atomic E-state index is 0.279. The maximum atomic E-state index is 11.5. The summed E-state index contributed by atoms with van der Waals surface area (Å²) >= 11 is 1.63. The number of sulfone groups is 1. The van der Waals surface area contributed by atoms with E-state index in [4.69, 9.17) is 4.98 Å². The molecule has 1 aromatic carbocycles. The SMILES string of the molecule is O=S1(=O)CCN(CCCNc2nc(-c3cccs3)nc3ccccc23)CC1. The van der Waals surface area contributed by atoms with Crippen molar-refractivity contribution in [2.45, 2.75) is 6.42 Å². The van der Waals surface area contributed by atoms with Crippen molar-refractivity contribution in [3.63, 3.8) is 0 Å². The zero-order valence-electron chi connectivity index (χ0n) is 15.0. The number of fused-ring (bicyclic) bond motifs is 1. The molecule has 142 valence electrons. The van der Waals surface area contributed by atoms with E-state index in [2.05, 4.69) is 15.2 Å². The molecule has 27 heavy (non-hydrogen) atoms. The lowest BCUT2D eigenvalue weighted by Crippen LogP contribution is -2.41. The third-order valence-corrected chi connectivity index (χ3v) is 7.20. The van der Waals surface area contributed by atoms with Crippen molar-refractivity contribution in [3.05, 3.63) is 41.8 Å². The molecule has 2 aromatic heterocycles. The van der Waals surface area contributed by atoms with Crippen molar-refractivity contribution < 1.29 is 8.42 Å². The van der Waals surface area contributed by atoms with Crippen molar-refractivity contribution in [3.8, 4) is 10.7 Å². The summed E-state index contributed by atoms with van der Waals surface area (Å²) in [5.74, 6) is 2.15. The van der Waals surface area contributed by atoms with Gasteiger partial charge in [-0.25, -0.2) is 18.4 Å². The Morgan fingerprint density at radius 2 is 1.89 bits per heavy atom. The Bertz CT molecular complexity index is 1010. The molecular formula is C19H22N4O2S2. The minimum atomic E-state index is -2.81. The maximum Gasteiger partial charge on any atom is 0.172 e. The molecule has 0 amide bonds. The molecular weight excluding hydrogens is 380 g/mol. The minimum Gasteiger partial charge on any atom is -0.369 e. The van der Waals surface area contributed by atoms with Crippen LogP contribution in [0.1, 0.15) is 6.42 Å². The second-order valence-corrected chi connectivity index (χ2v) is 9.92. The van der Waals surface area contributed by atoms with Gasteiger partial charge in [0, 0.05) is 25.0 Å². The van der Waals surface area contributed by atoms with Gasteiger partial charge in [-0.2, -0.15) is 0 Å². The number of benzene rings is 1. The Kier molecular flexibility index (Phi) is 5.38. The summed E-state index contributed by atoms with van der Waals surface area (Å²) in [6, 6.07) is 12.1. The molecule has 0 spiro atoms. The first-order chi connectivity index (χ1) is 13.1. The zero-order valence-corrected chi connectivity index (χ0v) is 16.6. The molecule has 0 aliphatic carbocycles. The van der Waals surface area contributed by atoms with E-state index < -0.39 is 9.84 Å². The topological polar surface area (TPSA) is 75.2 Å². The summed E-state index contributed by atoms with van der Waals surface area (Å²) in [5.41, 5.74) is 0.930. The van der Waals surface area contributed by atoms with Crippen molar-refractivity contribution in [2.75, 3.05) is 43.0 Å². The van der Waals surface area contributed by atoms with E-state index in [1.165, 1.54) is 0 Å². The second kappa shape index (κ2) is 7.92. The van der Waals surface area contributed by atoms with Crippen molar-refractivity contribution >= 4 is 37.9 Å². The fourth-order valence-corrected chi connectivity index (χ4v) is 5.15. The molecule has 1 N–H and O–H groups in total. The molecule has 1 aliphatic heterocycles. The van der Waals surface area contributed by atoms with Crippen LogP contribution in [0.5, 0.6) is 0 Å². The van der Waals surface area contributed by atoms with Gasteiger partial charge in [-0.05, 0) is 36.5 Å². The van der Waals surface area contributed by atoms with Crippen LogP contribution in [0.2, 0.25) is 0 Å². The van der Waals surface area contributed by atoms with Gasteiger partial charge < -0.3 is 10.2 Å². The summed E-state index contributed by atoms with van der Waals surface area (Å²) in [7, 11) is -2.81. The van der Waals surface area contributed by atoms with E-state index in [1.807, 2.05) is 41.8 Å². The van der Waals surface area contributed by atoms with E-state index in [1.54, 1.807) is 11.3 Å². The van der Waals surface area contributed by atoms with Crippen LogP contribution in [0.4, 0.5) is 5.82 Å². The average Bonchev–Trinajstić information content (AvgIpc) is 3.21. The number of hydrogen-bond donors (Lipinski definition) is 1. The number of aromatic nitrogens is 2. The predicted octanol–water partition coefficient (Wildman–Crippen LogP) is 2.89. The normalized spacial score (nSPS) is 17.2. The number of hydrogen-bond acceptors (Lipinski definition) is 7. The molecule has 4 rings (SSSR count). The molecule has 3 aromatic rings. The molecule has 0 saturated carbocycles. The number of thiophene rings is 1. The smallest absolute Gasteiger partial charge is 0.172 e. The highest BCUT2D eigenvalue weighted by atomic mass is 32.2. The monoisotopic (exact) mass is 402 g/mol. The highest BCUT2D eigenvalue weighted by Gasteiger charge is 2.20. The van der Waals surface area contributed by atoms with E-state index in [0.29, 0.717) is 13.1 Å². The van der Waals surface area contributed by atoms with Gasteiger partial charge >= 0.3 is 0 Å². The zero-order chi connectivity index (χ0) is 18.7. The number of anilines is 1. The summed E-state index contributed by atoms with van der Waals surface area (Å²) < 4.78 is 23.0. The van der Waals surface area contributed by atoms with Crippen LogP contribution >= 0.6 is 11.3 Å². The molecule has 0 unspecified atom stereocenters. The molecule has 0 atom stereocenters. The average molecular weight is 403 g/mol. The first-order valence-electron chi connectivity index (χ1n) is 9.08. The van der Waals surface area contributed by atoms with E-state index in [-0.39, 0.29) is 11.5 Å². The van der Waals surface area contributed by atoms with Gasteiger partial charge in [0.2, 0.25) is 0 Å². The molecule has 1 aliphatic rings. The van der Waals surface area contributed by atoms with Gasteiger partial charge in [0.15, 0.2) is 15.7 Å². The maximum absolute atomic E-state index is 11.5. The van der Waals surface area contributed by atoms with Crippen LogP contribution in [-0.4, -0.2) is 61.0 Å². The van der Waals surface area contributed by atoms with Crippen LogP contribution in [0, 0.1) is 0 Å². The molecule has 6 nitrogen and oxygen atoms in total. The number of nitrogens with zero attached hydrogens (tertiary/aromatic N) is 3. The van der Waals surface area contributed by atoms with Crippen LogP contribution < -0.4 is 5.32 Å². The number of para-hydroxylation sites is 1. The number of rotatable bonds is 6. The summed E-state index contributed by atoms with van der Waals surface area (Å²) in [6.45, 7) is 2.96. The first-order valence-corrected chi connectivity index (χ1v) is 11.8. The van der Waals surface area contributed by atoms with Crippen LogP contribution in [0.15, 0.2) is 41.8 Å². The van der Waals surface area contributed by atoms with Gasteiger partial charge in [0.1, 0.15) is 5.82 Å². The standard InChI is InChI=1S/C19H22N4O2S2/c24-27(25)13-10-23(11-14-27)9-4-8-20-18-15-5-1-2-6-16(15)21-19(22-18)17-7-3-12-26-17/h1-3,5-7,12H,4,8-11,13-14H2,(H,20,21,22). The van der Waals surface area contributed by atoms with Crippen LogP contribution in [0.3, 0.4) is 0 Å². The Morgan fingerprint density at radius 1 is 1.07 bits per heavy atom. The van der Waals surface area contributed by atoms with E-state index >= 15 is 0 Å². The highest BCUT2D eigenvalue weighted by molar-refractivity contribution is 7.91.